The van der Waals surface area contributed by atoms with E-state index in [4.69, 9.17) is 0 Å². The van der Waals surface area contributed by atoms with E-state index in [1.54, 1.807) is 0 Å². The second-order valence-corrected chi connectivity index (χ2v) is 3.95. The normalized spacial score (nSPS) is 25.5. The Hall–Kier alpha value is -1.35. The smallest absolute Gasteiger partial charge is 0.210 e. The third-order valence-electron chi connectivity index (χ3n) is 3.07. The number of amides is 1. The molecule has 0 saturated carbocycles. The van der Waals surface area contributed by atoms with Gasteiger partial charge in [0.1, 0.15) is 0 Å². The standard InChI is InChI=1S/C12H16N2O/c1-13-11-7-12(14(8-11)9-15)10-5-3-2-4-6-10/h2-6,9,11-13H,7-8H2,1H3. The molecular formula is C12H16N2O. The fourth-order valence-corrected chi connectivity index (χ4v) is 2.19. The van der Waals surface area contributed by atoms with Crippen LogP contribution in [0.5, 0.6) is 0 Å². The van der Waals surface area contributed by atoms with Gasteiger partial charge in [0.15, 0.2) is 0 Å². The van der Waals surface area contributed by atoms with Gasteiger partial charge in [0.2, 0.25) is 6.41 Å². The summed E-state index contributed by atoms with van der Waals surface area (Å²) < 4.78 is 0. The maximum Gasteiger partial charge on any atom is 0.210 e. The van der Waals surface area contributed by atoms with Gasteiger partial charge in [0, 0.05) is 12.6 Å². The van der Waals surface area contributed by atoms with Crippen molar-refractivity contribution in [3.05, 3.63) is 35.9 Å². The fourth-order valence-electron chi connectivity index (χ4n) is 2.19. The Labute approximate surface area is 90.1 Å². The van der Waals surface area contributed by atoms with Crippen molar-refractivity contribution in [1.82, 2.24) is 10.2 Å². The summed E-state index contributed by atoms with van der Waals surface area (Å²) in [5, 5.41) is 3.23. The van der Waals surface area contributed by atoms with Crippen molar-refractivity contribution in [3.8, 4) is 0 Å². The molecular weight excluding hydrogens is 188 g/mol. The van der Waals surface area contributed by atoms with Crippen LogP contribution in [0.2, 0.25) is 0 Å². The molecule has 3 heteroatoms. The molecule has 0 bridgehead atoms. The number of hydrogen-bond donors (Lipinski definition) is 1. The molecule has 1 fully saturated rings. The van der Waals surface area contributed by atoms with Gasteiger partial charge in [-0.05, 0) is 19.0 Å². The molecule has 1 saturated heterocycles. The third kappa shape index (κ3) is 2.02. The van der Waals surface area contributed by atoms with E-state index in [2.05, 4.69) is 17.4 Å². The predicted octanol–water partition coefficient (Wildman–Crippen LogP) is 1.18. The third-order valence-corrected chi connectivity index (χ3v) is 3.07. The van der Waals surface area contributed by atoms with Crippen LogP contribution in [0.1, 0.15) is 18.0 Å². The average Bonchev–Trinajstić information content (AvgIpc) is 2.73. The Balaban J connectivity index is 2.18. The van der Waals surface area contributed by atoms with Gasteiger partial charge in [-0.3, -0.25) is 4.79 Å². The highest BCUT2D eigenvalue weighted by molar-refractivity contribution is 5.50. The lowest BCUT2D eigenvalue weighted by molar-refractivity contribution is -0.119. The largest absolute Gasteiger partial charge is 0.337 e. The zero-order valence-electron chi connectivity index (χ0n) is 8.89. The minimum atomic E-state index is 0.237. The summed E-state index contributed by atoms with van der Waals surface area (Å²) in [4.78, 5) is 12.8. The summed E-state index contributed by atoms with van der Waals surface area (Å²) in [7, 11) is 1.95. The maximum absolute atomic E-state index is 11.0. The molecule has 15 heavy (non-hydrogen) atoms. The first-order chi connectivity index (χ1) is 7.35. The van der Waals surface area contributed by atoms with Crippen LogP contribution in [0.4, 0.5) is 0 Å². The lowest BCUT2D eigenvalue weighted by atomic mass is 10.0. The molecule has 0 radical (unpaired) electrons. The van der Waals surface area contributed by atoms with Gasteiger partial charge in [-0.15, -0.1) is 0 Å². The van der Waals surface area contributed by atoms with Crippen LogP contribution in [-0.2, 0) is 4.79 Å². The molecule has 1 aliphatic rings. The van der Waals surface area contributed by atoms with E-state index in [0.717, 1.165) is 19.4 Å². The summed E-state index contributed by atoms with van der Waals surface area (Å²) in [6.45, 7) is 0.805. The van der Waals surface area contributed by atoms with Crippen LogP contribution >= 0.6 is 0 Å². The number of likely N-dealkylation sites (tertiary alicyclic amines) is 1. The molecule has 1 amide bonds. The number of rotatable bonds is 3. The molecule has 1 heterocycles. The highest BCUT2D eigenvalue weighted by atomic mass is 16.1. The zero-order valence-corrected chi connectivity index (χ0v) is 8.89. The summed E-state index contributed by atoms with van der Waals surface area (Å²) in [6.07, 6.45) is 1.95. The molecule has 80 valence electrons. The predicted molar refractivity (Wildman–Crippen MR) is 59.4 cm³/mol. The van der Waals surface area contributed by atoms with E-state index < -0.39 is 0 Å². The van der Waals surface area contributed by atoms with E-state index in [1.165, 1.54) is 5.56 Å². The summed E-state index contributed by atoms with van der Waals surface area (Å²) >= 11 is 0. The molecule has 1 aliphatic heterocycles. The molecule has 2 atom stereocenters. The van der Waals surface area contributed by atoms with Gasteiger partial charge in [-0.25, -0.2) is 0 Å². The Kier molecular flexibility index (Phi) is 3.02. The van der Waals surface area contributed by atoms with Gasteiger partial charge in [-0.1, -0.05) is 30.3 Å². The number of likely N-dealkylation sites (N-methyl/N-ethyl adjacent to an activating group) is 1. The highest BCUT2D eigenvalue weighted by Crippen LogP contribution is 2.30. The lowest BCUT2D eigenvalue weighted by Crippen LogP contribution is -2.29. The zero-order chi connectivity index (χ0) is 10.7. The number of carbonyl (C=O) groups is 1. The Morgan fingerprint density at radius 3 is 2.73 bits per heavy atom. The van der Waals surface area contributed by atoms with Crippen molar-refractivity contribution < 1.29 is 4.79 Å². The first-order valence-electron chi connectivity index (χ1n) is 5.28. The second-order valence-electron chi connectivity index (χ2n) is 3.95. The number of nitrogens with one attached hydrogen (secondary N) is 1. The minimum Gasteiger partial charge on any atom is -0.337 e. The van der Waals surface area contributed by atoms with Crippen LogP contribution in [0.3, 0.4) is 0 Å². The molecule has 0 aromatic heterocycles. The number of carbonyl (C=O) groups excluding carboxylic acids is 1. The lowest BCUT2D eigenvalue weighted by Gasteiger charge is -2.19. The molecule has 1 aromatic carbocycles. The number of benzene rings is 1. The van der Waals surface area contributed by atoms with Crippen molar-refractivity contribution in [1.29, 1.82) is 0 Å². The van der Waals surface area contributed by atoms with Crippen molar-refractivity contribution in [2.75, 3.05) is 13.6 Å². The van der Waals surface area contributed by atoms with E-state index in [1.807, 2.05) is 30.1 Å². The molecule has 1 N–H and O–H groups in total. The minimum absolute atomic E-state index is 0.237. The van der Waals surface area contributed by atoms with Crippen LogP contribution < -0.4 is 5.32 Å². The highest BCUT2D eigenvalue weighted by Gasteiger charge is 2.30. The van der Waals surface area contributed by atoms with Gasteiger partial charge < -0.3 is 10.2 Å². The van der Waals surface area contributed by atoms with E-state index in [-0.39, 0.29) is 6.04 Å². The first kappa shape index (κ1) is 10.2. The summed E-state index contributed by atoms with van der Waals surface area (Å²) in [6, 6.07) is 10.9. The van der Waals surface area contributed by atoms with Gasteiger partial charge in [-0.2, -0.15) is 0 Å². The van der Waals surface area contributed by atoms with Gasteiger partial charge in [0.05, 0.1) is 6.04 Å². The average molecular weight is 204 g/mol. The SMILES string of the molecule is CNC1CC(c2ccccc2)N(C=O)C1. The van der Waals surface area contributed by atoms with Crippen LogP contribution in [0.25, 0.3) is 0 Å². The second kappa shape index (κ2) is 4.45. The van der Waals surface area contributed by atoms with Gasteiger partial charge in [0.25, 0.3) is 0 Å². The Bertz CT molecular complexity index is 326. The molecule has 3 nitrogen and oxygen atoms in total. The monoisotopic (exact) mass is 204 g/mol. The maximum atomic E-state index is 11.0. The summed E-state index contributed by atoms with van der Waals surface area (Å²) in [5.74, 6) is 0. The summed E-state index contributed by atoms with van der Waals surface area (Å²) in [5.41, 5.74) is 1.22. The van der Waals surface area contributed by atoms with Crippen molar-refractivity contribution in [2.24, 2.45) is 0 Å². The topological polar surface area (TPSA) is 32.3 Å². The van der Waals surface area contributed by atoms with Crippen molar-refractivity contribution in [2.45, 2.75) is 18.5 Å². The Morgan fingerprint density at radius 2 is 2.13 bits per heavy atom. The van der Waals surface area contributed by atoms with E-state index in [0.29, 0.717) is 6.04 Å². The van der Waals surface area contributed by atoms with E-state index in [9.17, 15) is 4.79 Å². The molecule has 1 aromatic rings. The quantitative estimate of drug-likeness (QED) is 0.750. The molecule has 0 spiro atoms. The van der Waals surface area contributed by atoms with Crippen LogP contribution in [-0.4, -0.2) is 30.9 Å². The first-order valence-corrected chi connectivity index (χ1v) is 5.28. The molecule has 0 aliphatic carbocycles. The number of hydrogen-bond acceptors (Lipinski definition) is 2. The van der Waals surface area contributed by atoms with E-state index >= 15 is 0 Å². The van der Waals surface area contributed by atoms with Crippen molar-refractivity contribution >= 4 is 6.41 Å². The Morgan fingerprint density at radius 1 is 1.40 bits per heavy atom. The molecule has 2 unspecified atom stereocenters. The number of nitrogens with zero attached hydrogens (tertiary/aromatic N) is 1. The van der Waals surface area contributed by atoms with Gasteiger partial charge >= 0.3 is 0 Å². The fraction of sp³-hybridized carbons (Fsp3) is 0.417. The van der Waals surface area contributed by atoms with Crippen LogP contribution in [0, 0.1) is 0 Å². The molecule has 2 rings (SSSR count). The van der Waals surface area contributed by atoms with Crippen molar-refractivity contribution in [3.63, 3.8) is 0 Å². The van der Waals surface area contributed by atoms with Crippen LogP contribution in [0.15, 0.2) is 30.3 Å².